The maximum atomic E-state index is 12.3. The standard InChI is InChI=1S/C5H4F2N2O/c1-10-5-4(7)8-2-3(6)9-5/h2H,1H3. The van der Waals surface area contributed by atoms with Crippen molar-refractivity contribution in [2.45, 2.75) is 0 Å². The Balaban J connectivity index is 3.09. The average molecular weight is 146 g/mol. The zero-order valence-electron chi connectivity index (χ0n) is 5.14. The molecular formula is C5H4F2N2O. The van der Waals surface area contributed by atoms with E-state index in [2.05, 4.69) is 14.7 Å². The summed E-state index contributed by atoms with van der Waals surface area (Å²) < 4.78 is 28.8. The SMILES string of the molecule is COc1nc(F)cnc1F. The average Bonchev–Trinajstić information content (AvgIpc) is 1.94. The second-order valence-corrected chi connectivity index (χ2v) is 1.49. The number of aromatic nitrogens is 2. The first-order valence-electron chi connectivity index (χ1n) is 2.46. The molecule has 0 aliphatic carbocycles. The summed E-state index contributed by atoms with van der Waals surface area (Å²) in [6.45, 7) is 0. The molecule has 0 fully saturated rings. The van der Waals surface area contributed by atoms with Crippen LogP contribution in [-0.4, -0.2) is 17.1 Å². The molecule has 1 aromatic rings. The highest BCUT2D eigenvalue weighted by molar-refractivity contribution is 5.04. The molecule has 0 amide bonds. The van der Waals surface area contributed by atoms with Crippen molar-refractivity contribution in [3.8, 4) is 5.88 Å². The normalized spacial score (nSPS) is 9.50. The molecule has 0 unspecified atom stereocenters. The molecule has 10 heavy (non-hydrogen) atoms. The molecule has 0 aliphatic heterocycles. The number of rotatable bonds is 1. The molecule has 5 heteroatoms. The van der Waals surface area contributed by atoms with E-state index >= 15 is 0 Å². The van der Waals surface area contributed by atoms with E-state index in [9.17, 15) is 8.78 Å². The van der Waals surface area contributed by atoms with E-state index in [0.717, 1.165) is 0 Å². The summed E-state index contributed by atoms with van der Waals surface area (Å²) >= 11 is 0. The maximum Gasteiger partial charge on any atom is 0.275 e. The lowest BCUT2D eigenvalue weighted by atomic mass is 10.7. The van der Waals surface area contributed by atoms with Gasteiger partial charge in [0.25, 0.3) is 11.8 Å². The molecule has 3 nitrogen and oxygen atoms in total. The molecule has 0 bridgehead atoms. The van der Waals surface area contributed by atoms with E-state index in [4.69, 9.17) is 0 Å². The van der Waals surface area contributed by atoms with Crippen LogP contribution in [0.15, 0.2) is 6.20 Å². The number of nitrogens with zero attached hydrogens (tertiary/aromatic N) is 2. The van der Waals surface area contributed by atoms with E-state index in [1.165, 1.54) is 7.11 Å². The van der Waals surface area contributed by atoms with Gasteiger partial charge in [-0.1, -0.05) is 0 Å². The largest absolute Gasteiger partial charge is 0.478 e. The Morgan fingerprint density at radius 2 is 2.20 bits per heavy atom. The second-order valence-electron chi connectivity index (χ2n) is 1.49. The molecule has 0 spiro atoms. The highest BCUT2D eigenvalue weighted by Gasteiger charge is 2.05. The van der Waals surface area contributed by atoms with Crippen molar-refractivity contribution < 1.29 is 13.5 Å². The molecule has 0 aliphatic rings. The molecule has 0 saturated carbocycles. The van der Waals surface area contributed by atoms with Gasteiger partial charge in [-0.25, -0.2) is 4.98 Å². The van der Waals surface area contributed by atoms with Crippen LogP contribution in [0.3, 0.4) is 0 Å². The lowest BCUT2D eigenvalue weighted by Crippen LogP contribution is -1.96. The third kappa shape index (κ3) is 1.18. The highest BCUT2D eigenvalue weighted by Crippen LogP contribution is 2.08. The minimum atomic E-state index is -0.913. The predicted molar refractivity (Wildman–Crippen MR) is 28.5 cm³/mol. The highest BCUT2D eigenvalue weighted by atomic mass is 19.1. The van der Waals surface area contributed by atoms with Gasteiger partial charge in [0.1, 0.15) is 0 Å². The van der Waals surface area contributed by atoms with E-state index in [-0.39, 0.29) is 0 Å². The third-order valence-corrected chi connectivity index (χ3v) is 0.863. The maximum absolute atomic E-state index is 12.3. The van der Waals surface area contributed by atoms with E-state index in [1.807, 2.05) is 0 Å². The lowest BCUT2D eigenvalue weighted by Gasteiger charge is -1.96. The summed E-state index contributed by atoms with van der Waals surface area (Å²) in [6, 6.07) is 0. The van der Waals surface area contributed by atoms with Crippen molar-refractivity contribution in [3.05, 3.63) is 18.1 Å². The number of hydrogen-bond acceptors (Lipinski definition) is 3. The van der Waals surface area contributed by atoms with Crippen molar-refractivity contribution >= 4 is 0 Å². The molecular weight excluding hydrogens is 142 g/mol. The second kappa shape index (κ2) is 2.55. The quantitative estimate of drug-likeness (QED) is 0.586. The minimum absolute atomic E-state index is 0.431. The van der Waals surface area contributed by atoms with E-state index in [1.54, 1.807) is 0 Å². The van der Waals surface area contributed by atoms with E-state index < -0.39 is 17.8 Å². The van der Waals surface area contributed by atoms with Crippen molar-refractivity contribution in [1.29, 1.82) is 0 Å². The Hall–Kier alpha value is -1.26. The first kappa shape index (κ1) is 6.85. The number of hydrogen-bond donors (Lipinski definition) is 0. The van der Waals surface area contributed by atoms with Crippen LogP contribution in [0, 0.1) is 11.9 Å². The first-order valence-corrected chi connectivity index (χ1v) is 2.46. The lowest BCUT2D eigenvalue weighted by molar-refractivity contribution is 0.348. The molecule has 0 atom stereocenters. The molecule has 1 aromatic heterocycles. The molecule has 1 rings (SSSR count). The van der Waals surface area contributed by atoms with Crippen LogP contribution in [0.1, 0.15) is 0 Å². The van der Waals surface area contributed by atoms with Crippen molar-refractivity contribution in [2.24, 2.45) is 0 Å². The number of ether oxygens (including phenoxy) is 1. The fraction of sp³-hybridized carbons (Fsp3) is 0.200. The monoisotopic (exact) mass is 146 g/mol. The topological polar surface area (TPSA) is 35.0 Å². The van der Waals surface area contributed by atoms with Crippen LogP contribution in [0.5, 0.6) is 5.88 Å². The summed E-state index contributed by atoms with van der Waals surface area (Å²) in [5, 5.41) is 0. The van der Waals surface area contributed by atoms with Gasteiger partial charge in [-0.3, -0.25) is 0 Å². The van der Waals surface area contributed by atoms with Crippen LogP contribution < -0.4 is 4.74 Å². The Morgan fingerprint density at radius 1 is 1.50 bits per heavy atom. The van der Waals surface area contributed by atoms with Gasteiger partial charge < -0.3 is 4.74 Å². The van der Waals surface area contributed by atoms with Gasteiger partial charge in [0.2, 0.25) is 5.95 Å². The molecule has 0 aromatic carbocycles. The van der Waals surface area contributed by atoms with Gasteiger partial charge in [0.15, 0.2) is 0 Å². The van der Waals surface area contributed by atoms with E-state index in [0.29, 0.717) is 6.20 Å². The van der Waals surface area contributed by atoms with Gasteiger partial charge in [-0.15, -0.1) is 0 Å². The molecule has 1 heterocycles. The van der Waals surface area contributed by atoms with Gasteiger partial charge in [-0.2, -0.15) is 13.8 Å². The summed E-state index contributed by atoms with van der Waals surface area (Å²) in [4.78, 5) is 6.09. The summed E-state index contributed by atoms with van der Waals surface area (Å²) in [5.74, 6) is -2.21. The fourth-order valence-electron chi connectivity index (χ4n) is 0.467. The van der Waals surface area contributed by atoms with Crippen molar-refractivity contribution in [2.75, 3.05) is 7.11 Å². The summed E-state index contributed by atoms with van der Waals surface area (Å²) in [6.07, 6.45) is 0.678. The molecule has 0 saturated heterocycles. The van der Waals surface area contributed by atoms with Crippen LogP contribution in [0.25, 0.3) is 0 Å². The van der Waals surface area contributed by atoms with Gasteiger partial charge in [-0.05, 0) is 0 Å². The zero-order valence-corrected chi connectivity index (χ0v) is 5.14. The van der Waals surface area contributed by atoms with Crippen LogP contribution >= 0.6 is 0 Å². The first-order chi connectivity index (χ1) is 4.74. The van der Waals surface area contributed by atoms with Crippen LogP contribution in [0.4, 0.5) is 8.78 Å². The number of halogens is 2. The third-order valence-electron chi connectivity index (χ3n) is 0.863. The fourth-order valence-corrected chi connectivity index (χ4v) is 0.467. The van der Waals surface area contributed by atoms with Gasteiger partial charge in [0, 0.05) is 0 Å². The molecule has 0 N–H and O–H groups in total. The Morgan fingerprint density at radius 3 is 2.70 bits per heavy atom. The van der Waals surface area contributed by atoms with Gasteiger partial charge >= 0.3 is 0 Å². The Kier molecular flexibility index (Phi) is 1.75. The minimum Gasteiger partial charge on any atom is -0.478 e. The summed E-state index contributed by atoms with van der Waals surface area (Å²) in [7, 11) is 1.19. The van der Waals surface area contributed by atoms with Crippen LogP contribution in [0.2, 0.25) is 0 Å². The van der Waals surface area contributed by atoms with Crippen LogP contribution in [-0.2, 0) is 0 Å². The predicted octanol–water partition coefficient (Wildman–Crippen LogP) is 0.763. The Bertz CT molecular complexity index is 241. The van der Waals surface area contributed by atoms with Crippen molar-refractivity contribution in [3.63, 3.8) is 0 Å². The number of methoxy groups -OCH3 is 1. The summed E-state index contributed by atoms with van der Waals surface area (Å²) in [5.41, 5.74) is 0. The Labute approximate surface area is 55.7 Å². The smallest absolute Gasteiger partial charge is 0.275 e. The zero-order chi connectivity index (χ0) is 7.56. The van der Waals surface area contributed by atoms with Crippen molar-refractivity contribution in [1.82, 2.24) is 9.97 Å². The molecule has 0 radical (unpaired) electrons. The van der Waals surface area contributed by atoms with Gasteiger partial charge in [0.05, 0.1) is 13.3 Å². The molecule has 54 valence electrons.